The van der Waals surface area contributed by atoms with Gasteiger partial charge in [-0.3, -0.25) is 0 Å². The molecule has 1 radical (unpaired) electrons. The van der Waals surface area contributed by atoms with Crippen molar-refractivity contribution in [1.82, 2.24) is 0 Å². The van der Waals surface area contributed by atoms with Crippen molar-refractivity contribution in [3.63, 3.8) is 0 Å². The van der Waals surface area contributed by atoms with Gasteiger partial charge < -0.3 is 5.11 Å². The molecule has 7 heavy (non-hydrogen) atoms. The van der Waals surface area contributed by atoms with Gasteiger partial charge in [0.1, 0.15) is 0 Å². The quantitative estimate of drug-likeness (QED) is 0.668. The zero-order valence-electron chi connectivity index (χ0n) is 4.30. The van der Waals surface area contributed by atoms with Gasteiger partial charge in [-0.25, -0.2) is 6.61 Å². The number of hydrogen-bond donors (Lipinski definition) is 1. The number of aliphatic hydroxyl groups is 1. The summed E-state index contributed by atoms with van der Waals surface area (Å²) < 4.78 is 0. The van der Waals surface area contributed by atoms with E-state index in [1.54, 1.807) is 0 Å². The van der Waals surface area contributed by atoms with Gasteiger partial charge in [-0.1, -0.05) is 19.3 Å². The zero-order valence-corrected chi connectivity index (χ0v) is 8.00. The molecular formula is C5H9OPr-. The fraction of sp³-hybridized carbons (Fsp3) is 0.800. The van der Waals surface area contributed by atoms with Crippen LogP contribution in [-0.4, -0.2) is 5.11 Å². The van der Waals surface area contributed by atoms with Crippen molar-refractivity contribution in [2.75, 3.05) is 0 Å². The van der Waals surface area contributed by atoms with Crippen molar-refractivity contribution >= 4 is 0 Å². The van der Waals surface area contributed by atoms with Crippen molar-refractivity contribution in [2.24, 2.45) is 5.92 Å². The van der Waals surface area contributed by atoms with Crippen molar-refractivity contribution in [3.8, 4) is 0 Å². The van der Waals surface area contributed by atoms with E-state index in [0.29, 0.717) is 5.92 Å². The summed E-state index contributed by atoms with van der Waals surface area (Å²) >= 11 is 0. The van der Waals surface area contributed by atoms with Gasteiger partial charge in [0.15, 0.2) is 0 Å². The van der Waals surface area contributed by atoms with Crippen LogP contribution in [0.25, 0.3) is 0 Å². The van der Waals surface area contributed by atoms with Crippen molar-refractivity contribution in [3.05, 3.63) is 6.61 Å². The Balaban J connectivity index is 0.000000360. The van der Waals surface area contributed by atoms with Crippen LogP contribution in [0.5, 0.6) is 0 Å². The molecule has 1 aliphatic carbocycles. The van der Waals surface area contributed by atoms with Gasteiger partial charge in [-0.05, 0) is 0 Å². The van der Waals surface area contributed by atoms with Crippen LogP contribution >= 0.6 is 0 Å². The average molecular weight is 226 g/mol. The normalized spacial score (nSPS) is 20.1. The van der Waals surface area contributed by atoms with Crippen LogP contribution in [0.2, 0.25) is 0 Å². The average Bonchev–Trinajstić information content (AvgIpc) is 1.31. The molecule has 1 N–H and O–H groups in total. The summed E-state index contributed by atoms with van der Waals surface area (Å²) in [6, 6.07) is 0. The molecule has 0 unspecified atom stereocenters. The summed E-state index contributed by atoms with van der Waals surface area (Å²) in [6.45, 7) is 1.31. The Morgan fingerprint density at radius 3 is 2.00 bits per heavy atom. The second-order valence-corrected chi connectivity index (χ2v) is 1.84. The molecule has 0 bridgehead atoms. The molecule has 0 amide bonds. The molecule has 0 spiro atoms. The summed E-state index contributed by atoms with van der Waals surface area (Å²) in [5.41, 5.74) is 0. The smallest absolute Gasteiger partial charge is 0 e. The van der Waals surface area contributed by atoms with Crippen LogP contribution in [0.3, 0.4) is 0 Å². The molecule has 0 aromatic rings. The predicted octanol–water partition coefficient (Wildman–Crippen LogP) is 1.32. The summed E-state index contributed by atoms with van der Waals surface area (Å²) in [6.07, 6.45) is 3.72. The number of aliphatic hydroxyl groups excluding tert-OH is 1. The second-order valence-electron chi connectivity index (χ2n) is 1.84. The Morgan fingerprint density at radius 2 is 2.00 bits per heavy atom. The minimum Gasteiger partial charge on any atom is -0.566 e. The molecule has 0 aromatic heterocycles. The Morgan fingerprint density at radius 1 is 1.43 bits per heavy atom. The second kappa shape index (κ2) is 4.23. The third kappa shape index (κ3) is 2.39. The molecule has 0 atom stereocenters. The standard InChI is InChI=1S/C5H9O.Pr/c6-4-5-2-1-3-5;/h4-6H,1-3H2;/q-1;. The molecule has 1 aliphatic rings. The van der Waals surface area contributed by atoms with E-state index >= 15 is 0 Å². The SMILES string of the molecule is O[CH-]C1CCC1.[Pr]. The molecule has 0 heterocycles. The van der Waals surface area contributed by atoms with Crippen LogP contribution in [0.1, 0.15) is 19.3 Å². The maximum absolute atomic E-state index is 8.26. The summed E-state index contributed by atoms with van der Waals surface area (Å²) in [5.74, 6) is 0.546. The Labute approximate surface area is 77.4 Å². The van der Waals surface area contributed by atoms with E-state index in [-0.39, 0.29) is 41.3 Å². The monoisotopic (exact) mass is 226 g/mol. The molecule has 39 valence electrons. The summed E-state index contributed by atoms with van der Waals surface area (Å²) in [5, 5.41) is 8.26. The Bertz CT molecular complexity index is 40.6. The van der Waals surface area contributed by atoms with E-state index in [0.717, 1.165) is 0 Å². The van der Waals surface area contributed by atoms with Gasteiger partial charge in [-0.2, -0.15) is 0 Å². The first kappa shape index (κ1) is 8.32. The fourth-order valence-electron chi connectivity index (χ4n) is 0.589. The van der Waals surface area contributed by atoms with Crippen LogP contribution in [-0.2, 0) is 0 Å². The van der Waals surface area contributed by atoms with E-state index in [1.165, 1.54) is 25.9 Å². The minimum atomic E-state index is 0. The molecule has 1 saturated carbocycles. The van der Waals surface area contributed by atoms with Crippen LogP contribution in [0.15, 0.2) is 0 Å². The van der Waals surface area contributed by atoms with E-state index in [9.17, 15) is 0 Å². The summed E-state index contributed by atoms with van der Waals surface area (Å²) in [7, 11) is 0. The van der Waals surface area contributed by atoms with Crippen molar-refractivity contribution in [2.45, 2.75) is 19.3 Å². The summed E-state index contributed by atoms with van der Waals surface area (Å²) in [4.78, 5) is 0. The van der Waals surface area contributed by atoms with Crippen molar-refractivity contribution in [1.29, 1.82) is 0 Å². The van der Waals surface area contributed by atoms with Crippen LogP contribution in [0.4, 0.5) is 0 Å². The van der Waals surface area contributed by atoms with E-state index < -0.39 is 0 Å². The molecule has 0 aliphatic heterocycles. The van der Waals surface area contributed by atoms with Crippen LogP contribution < -0.4 is 0 Å². The van der Waals surface area contributed by atoms with E-state index in [1.807, 2.05) is 0 Å². The molecule has 1 nitrogen and oxygen atoms in total. The third-order valence-electron chi connectivity index (χ3n) is 1.36. The maximum atomic E-state index is 8.26. The van der Waals surface area contributed by atoms with Gasteiger partial charge in [0.05, 0.1) is 0 Å². The fourth-order valence-corrected chi connectivity index (χ4v) is 0.589. The van der Waals surface area contributed by atoms with E-state index in [4.69, 9.17) is 5.11 Å². The molecular weight excluding hydrogens is 217 g/mol. The molecule has 1 fully saturated rings. The van der Waals surface area contributed by atoms with Gasteiger partial charge in [0.2, 0.25) is 0 Å². The number of rotatable bonds is 1. The number of hydrogen-bond acceptors (Lipinski definition) is 1. The van der Waals surface area contributed by atoms with Crippen molar-refractivity contribution < 1.29 is 46.4 Å². The topological polar surface area (TPSA) is 20.2 Å². The van der Waals surface area contributed by atoms with Gasteiger partial charge in [-0.15, -0.1) is 5.92 Å². The molecule has 2 heteroatoms. The maximum Gasteiger partial charge on any atom is 0 e. The third-order valence-corrected chi connectivity index (χ3v) is 1.36. The van der Waals surface area contributed by atoms with Gasteiger partial charge >= 0.3 is 0 Å². The molecule has 0 saturated heterocycles. The first-order valence-corrected chi connectivity index (χ1v) is 2.41. The Hall–Kier alpha value is 1.32. The minimum absolute atomic E-state index is 0. The molecule has 1 rings (SSSR count). The van der Waals surface area contributed by atoms with E-state index in [2.05, 4.69) is 0 Å². The molecule has 0 aromatic carbocycles. The largest absolute Gasteiger partial charge is 0.566 e. The predicted molar refractivity (Wildman–Crippen MR) is 23.6 cm³/mol. The van der Waals surface area contributed by atoms with Gasteiger partial charge in [0, 0.05) is 41.3 Å². The first-order valence-electron chi connectivity index (χ1n) is 2.41. The van der Waals surface area contributed by atoms with Gasteiger partial charge in [0.25, 0.3) is 0 Å². The van der Waals surface area contributed by atoms with Crippen LogP contribution in [0, 0.1) is 53.8 Å². The Kier molecular flexibility index (Phi) is 5.03. The first-order chi connectivity index (χ1) is 2.93. The zero-order chi connectivity index (χ0) is 4.41.